The highest BCUT2D eigenvalue weighted by molar-refractivity contribution is 5.63. The Morgan fingerprint density at radius 3 is 1.90 bits per heavy atom. The standard InChI is InChI=1S/C16H16FNO2/c17-14-7-5-12(6-8-14)11-1-3-13(4-2-11)16-19-9-15(18)10-20-16/h1-8,15-16H,9-10,18H2. The van der Waals surface area contributed by atoms with Crippen molar-refractivity contribution < 1.29 is 13.9 Å². The lowest BCUT2D eigenvalue weighted by Gasteiger charge is -2.27. The molecule has 0 radical (unpaired) electrons. The van der Waals surface area contributed by atoms with Gasteiger partial charge in [0, 0.05) is 5.56 Å². The fourth-order valence-electron chi connectivity index (χ4n) is 2.19. The van der Waals surface area contributed by atoms with E-state index < -0.39 is 0 Å². The molecule has 0 unspecified atom stereocenters. The second-order valence-electron chi connectivity index (χ2n) is 4.89. The van der Waals surface area contributed by atoms with E-state index in [2.05, 4.69) is 0 Å². The summed E-state index contributed by atoms with van der Waals surface area (Å²) in [6.07, 6.45) is -0.350. The van der Waals surface area contributed by atoms with Crippen molar-refractivity contribution in [1.29, 1.82) is 0 Å². The van der Waals surface area contributed by atoms with Crippen molar-refractivity contribution in [2.75, 3.05) is 13.2 Å². The molecule has 0 atom stereocenters. The van der Waals surface area contributed by atoms with Crippen molar-refractivity contribution in [2.24, 2.45) is 5.73 Å². The number of halogens is 1. The summed E-state index contributed by atoms with van der Waals surface area (Å²) in [4.78, 5) is 0. The average molecular weight is 273 g/mol. The van der Waals surface area contributed by atoms with E-state index in [1.54, 1.807) is 12.1 Å². The molecule has 0 aliphatic carbocycles. The Morgan fingerprint density at radius 2 is 1.35 bits per heavy atom. The smallest absolute Gasteiger partial charge is 0.183 e. The van der Waals surface area contributed by atoms with Gasteiger partial charge in [-0.15, -0.1) is 0 Å². The Hall–Kier alpha value is -1.75. The monoisotopic (exact) mass is 273 g/mol. The fraction of sp³-hybridized carbons (Fsp3) is 0.250. The van der Waals surface area contributed by atoms with Crippen LogP contribution < -0.4 is 5.73 Å². The van der Waals surface area contributed by atoms with Crippen LogP contribution in [0.4, 0.5) is 4.39 Å². The largest absolute Gasteiger partial charge is 0.347 e. The lowest BCUT2D eigenvalue weighted by atomic mass is 10.0. The Kier molecular flexibility index (Phi) is 3.78. The topological polar surface area (TPSA) is 44.5 Å². The fourth-order valence-corrected chi connectivity index (χ4v) is 2.19. The van der Waals surface area contributed by atoms with Gasteiger partial charge in [-0.2, -0.15) is 0 Å². The minimum atomic E-state index is -0.350. The summed E-state index contributed by atoms with van der Waals surface area (Å²) >= 11 is 0. The van der Waals surface area contributed by atoms with Crippen LogP contribution in [0.2, 0.25) is 0 Å². The number of benzene rings is 2. The molecule has 1 heterocycles. The minimum absolute atomic E-state index is 0.0512. The van der Waals surface area contributed by atoms with Crippen molar-refractivity contribution in [2.45, 2.75) is 12.3 Å². The van der Waals surface area contributed by atoms with E-state index in [9.17, 15) is 4.39 Å². The number of hydrogen-bond donors (Lipinski definition) is 1. The first kappa shape index (κ1) is 13.2. The zero-order valence-electron chi connectivity index (χ0n) is 11.0. The summed E-state index contributed by atoms with van der Waals surface area (Å²) < 4.78 is 24.0. The summed E-state index contributed by atoms with van der Waals surface area (Å²) in [6.45, 7) is 1.01. The number of hydrogen-bond acceptors (Lipinski definition) is 3. The van der Waals surface area contributed by atoms with Gasteiger partial charge in [-0.3, -0.25) is 0 Å². The summed E-state index contributed by atoms with van der Waals surface area (Å²) in [6, 6.07) is 14.3. The van der Waals surface area contributed by atoms with Crippen molar-refractivity contribution in [1.82, 2.24) is 0 Å². The maximum atomic E-state index is 12.9. The van der Waals surface area contributed by atoms with Gasteiger partial charge in [0.15, 0.2) is 6.29 Å². The van der Waals surface area contributed by atoms with Gasteiger partial charge in [0.25, 0.3) is 0 Å². The SMILES string of the molecule is NC1COC(c2ccc(-c3ccc(F)cc3)cc2)OC1. The van der Waals surface area contributed by atoms with E-state index in [1.807, 2.05) is 24.3 Å². The highest BCUT2D eigenvalue weighted by atomic mass is 19.1. The lowest BCUT2D eigenvalue weighted by Crippen LogP contribution is -2.37. The summed E-state index contributed by atoms with van der Waals surface area (Å²) in [5.74, 6) is -0.231. The second-order valence-corrected chi connectivity index (χ2v) is 4.89. The molecule has 1 saturated heterocycles. The summed E-state index contributed by atoms with van der Waals surface area (Å²) in [5, 5.41) is 0. The minimum Gasteiger partial charge on any atom is -0.347 e. The molecule has 0 spiro atoms. The predicted octanol–water partition coefficient (Wildman–Crippen LogP) is 2.87. The molecule has 0 aromatic heterocycles. The van der Waals surface area contributed by atoms with Gasteiger partial charge in [0.05, 0.1) is 19.3 Å². The molecule has 3 rings (SSSR count). The zero-order chi connectivity index (χ0) is 13.9. The molecule has 0 bridgehead atoms. The first-order valence-corrected chi connectivity index (χ1v) is 6.57. The third-order valence-corrected chi connectivity index (χ3v) is 3.28. The molecule has 2 aromatic carbocycles. The van der Waals surface area contributed by atoms with Crippen molar-refractivity contribution in [3.8, 4) is 11.1 Å². The van der Waals surface area contributed by atoms with Crippen LogP contribution in [-0.4, -0.2) is 19.3 Å². The van der Waals surface area contributed by atoms with Gasteiger partial charge in [0.2, 0.25) is 0 Å². The van der Waals surface area contributed by atoms with Crippen LogP contribution in [0.15, 0.2) is 48.5 Å². The van der Waals surface area contributed by atoms with E-state index in [4.69, 9.17) is 15.2 Å². The van der Waals surface area contributed by atoms with Crippen LogP contribution in [0.3, 0.4) is 0 Å². The Balaban J connectivity index is 1.76. The second kappa shape index (κ2) is 5.71. The molecule has 2 aromatic rings. The molecule has 0 saturated carbocycles. The van der Waals surface area contributed by atoms with E-state index in [1.165, 1.54) is 12.1 Å². The molecule has 1 fully saturated rings. The number of nitrogens with two attached hydrogens (primary N) is 1. The van der Waals surface area contributed by atoms with Gasteiger partial charge in [-0.25, -0.2) is 4.39 Å². The van der Waals surface area contributed by atoms with E-state index in [-0.39, 0.29) is 18.1 Å². The molecule has 4 heteroatoms. The first-order chi connectivity index (χ1) is 9.72. The van der Waals surface area contributed by atoms with Crippen LogP contribution in [0.5, 0.6) is 0 Å². The first-order valence-electron chi connectivity index (χ1n) is 6.57. The average Bonchev–Trinajstić information content (AvgIpc) is 2.49. The quantitative estimate of drug-likeness (QED) is 0.915. The van der Waals surface area contributed by atoms with Gasteiger partial charge < -0.3 is 15.2 Å². The molecule has 3 nitrogen and oxygen atoms in total. The summed E-state index contributed by atoms with van der Waals surface area (Å²) in [5.41, 5.74) is 8.67. The molecular formula is C16H16FNO2. The molecule has 0 amide bonds. The van der Waals surface area contributed by atoms with Crippen molar-refractivity contribution >= 4 is 0 Å². The summed E-state index contributed by atoms with van der Waals surface area (Å²) in [7, 11) is 0. The highest BCUT2D eigenvalue weighted by Gasteiger charge is 2.20. The molecule has 104 valence electrons. The van der Waals surface area contributed by atoms with Crippen LogP contribution in [0.1, 0.15) is 11.9 Å². The highest BCUT2D eigenvalue weighted by Crippen LogP contribution is 2.26. The van der Waals surface area contributed by atoms with Gasteiger partial charge >= 0.3 is 0 Å². The van der Waals surface area contributed by atoms with E-state index in [0.29, 0.717) is 13.2 Å². The van der Waals surface area contributed by atoms with Gasteiger partial charge in [0.1, 0.15) is 5.82 Å². The predicted molar refractivity (Wildman–Crippen MR) is 74.5 cm³/mol. The van der Waals surface area contributed by atoms with Gasteiger partial charge in [-0.1, -0.05) is 36.4 Å². The maximum Gasteiger partial charge on any atom is 0.183 e. The third-order valence-electron chi connectivity index (χ3n) is 3.28. The van der Waals surface area contributed by atoms with E-state index >= 15 is 0 Å². The molecule has 2 N–H and O–H groups in total. The Labute approximate surface area is 117 Å². The molecule has 20 heavy (non-hydrogen) atoms. The van der Waals surface area contributed by atoms with Crippen LogP contribution in [0.25, 0.3) is 11.1 Å². The van der Waals surface area contributed by atoms with Crippen LogP contribution in [0, 0.1) is 5.82 Å². The Morgan fingerprint density at radius 1 is 0.850 bits per heavy atom. The Bertz CT molecular complexity index is 560. The van der Waals surface area contributed by atoms with Gasteiger partial charge in [-0.05, 0) is 23.3 Å². The number of rotatable bonds is 2. The van der Waals surface area contributed by atoms with Crippen LogP contribution >= 0.6 is 0 Å². The third kappa shape index (κ3) is 2.88. The van der Waals surface area contributed by atoms with Crippen molar-refractivity contribution in [3.63, 3.8) is 0 Å². The normalized spacial score (nSPS) is 22.7. The van der Waals surface area contributed by atoms with Crippen LogP contribution in [-0.2, 0) is 9.47 Å². The number of ether oxygens (including phenoxy) is 2. The zero-order valence-corrected chi connectivity index (χ0v) is 11.0. The molecule has 1 aliphatic heterocycles. The lowest BCUT2D eigenvalue weighted by molar-refractivity contribution is -0.189. The molecule has 1 aliphatic rings. The maximum absolute atomic E-state index is 12.9. The van der Waals surface area contributed by atoms with E-state index in [0.717, 1.165) is 16.7 Å². The molecular weight excluding hydrogens is 257 g/mol. The van der Waals surface area contributed by atoms with Crippen molar-refractivity contribution in [3.05, 3.63) is 59.9 Å².